The molecule has 4 heteroatoms. The molecular weight excluding hydrogens is 292 g/mol. The van der Waals surface area contributed by atoms with Gasteiger partial charge < -0.3 is 5.11 Å². The van der Waals surface area contributed by atoms with Gasteiger partial charge in [-0.1, -0.05) is 23.9 Å². The maximum absolute atomic E-state index is 8.98. The van der Waals surface area contributed by atoms with Gasteiger partial charge >= 0.3 is 0 Å². The van der Waals surface area contributed by atoms with E-state index in [1.807, 2.05) is 24.3 Å². The van der Waals surface area contributed by atoms with Gasteiger partial charge in [-0.15, -0.1) is 11.3 Å². The van der Waals surface area contributed by atoms with Crippen LogP contribution in [-0.2, 0) is 6.61 Å². The molecule has 1 aromatic carbocycles. The second-order valence-electron chi connectivity index (χ2n) is 2.96. The highest BCUT2D eigenvalue weighted by atomic mass is 79.9. The first-order valence-corrected chi connectivity index (χ1v) is 6.89. The molecule has 0 radical (unpaired) electrons. The summed E-state index contributed by atoms with van der Waals surface area (Å²) in [6.07, 6.45) is 0. The van der Waals surface area contributed by atoms with Crippen LogP contribution in [0, 0.1) is 0 Å². The summed E-state index contributed by atoms with van der Waals surface area (Å²) in [5.41, 5.74) is 0.928. The number of aliphatic hydroxyl groups is 1. The molecule has 0 spiro atoms. The molecule has 1 heterocycles. The summed E-state index contributed by atoms with van der Waals surface area (Å²) in [5, 5.41) is 11.1. The Kier molecular flexibility index (Phi) is 3.86. The lowest BCUT2D eigenvalue weighted by molar-refractivity contribution is 0.281. The van der Waals surface area contributed by atoms with E-state index in [0.29, 0.717) is 0 Å². The zero-order chi connectivity index (χ0) is 10.7. The highest BCUT2D eigenvalue weighted by molar-refractivity contribution is 9.10. The molecule has 0 saturated carbocycles. The van der Waals surface area contributed by atoms with Crippen molar-refractivity contribution in [3.05, 3.63) is 45.7 Å². The van der Waals surface area contributed by atoms with E-state index >= 15 is 0 Å². The van der Waals surface area contributed by atoms with Crippen molar-refractivity contribution in [3.8, 4) is 0 Å². The molecule has 0 aliphatic heterocycles. The van der Waals surface area contributed by atoms with Crippen molar-refractivity contribution < 1.29 is 5.11 Å². The van der Waals surface area contributed by atoms with Crippen LogP contribution in [0.4, 0.5) is 0 Å². The molecule has 78 valence electrons. The van der Waals surface area contributed by atoms with Crippen molar-refractivity contribution >= 4 is 39.0 Å². The van der Waals surface area contributed by atoms with E-state index in [-0.39, 0.29) is 6.61 Å². The van der Waals surface area contributed by atoms with Gasteiger partial charge in [0.1, 0.15) is 0 Å². The highest BCUT2D eigenvalue weighted by Gasteiger charge is 2.03. The number of halogens is 1. The van der Waals surface area contributed by atoms with Crippen molar-refractivity contribution in [1.29, 1.82) is 0 Å². The largest absolute Gasteiger partial charge is 0.392 e. The van der Waals surface area contributed by atoms with Crippen LogP contribution >= 0.6 is 39.0 Å². The summed E-state index contributed by atoms with van der Waals surface area (Å²) >= 11 is 6.97. The zero-order valence-corrected chi connectivity index (χ0v) is 11.0. The molecule has 1 N–H and O–H groups in total. The third-order valence-corrected chi connectivity index (χ3v) is 4.92. The molecule has 0 aliphatic rings. The Hall–Kier alpha value is -0.290. The van der Waals surface area contributed by atoms with E-state index in [1.165, 1.54) is 9.10 Å². The van der Waals surface area contributed by atoms with Crippen molar-refractivity contribution in [3.63, 3.8) is 0 Å². The Bertz CT molecular complexity index is 440. The maximum atomic E-state index is 8.98. The van der Waals surface area contributed by atoms with Gasteiger partial charge in [-0.2, -0.15) is 0 Å². The number of rotatable bonds is 3. The normalized spacial score (nSPS) is 10.5. The molecule has 0 aliphatic carbocycles. The number of hydrogen-bond acceptors (Lipinski definition) is 3. The van der Waals surface area contributed by atoms with Crippen molar-refractivity contribution in [2.45, 2.75) is 15.7 Å². The fourth-order valence-corrected chi connectivity index (χ4v) is 3.56. The smallest absolute Gasteiger partial charge is 0.0682 e. The van der Waals surface area contributed by atoms with Gasteiger partial charge in [-0.3, -0.25) is 0 Å². The summed E-state index contributed by atoms with van der Waals surface area (Å²) in [5.74, 6) is 0. The lowest BCUT2D eigenvalue weighted by atomic mass is 10.2. The van der Waals surface area contributed by atoms with Gasteiger partial charge in [0.2, 0.25) is 0 Å². The Morgan fingerprint density at radius 1 is 1.33 bits per heavy atom. The maximum Gasteiger partial charge on any atom is 0.0682 e. The zero-order valence-electron chi connectivity index (χ0n) is 7.81. The van der Waals surface area contributed by atoms with E-state index in [2.05, 4.69) is 27.4 Å². The van der Waals surface area contributed by atoms with Gasteiger partial charge in [0.25, 0.3) is 0 Å². The minimum atomic E-state index is 0.0859. The molecule has 0 saturated heterocycles. The molecule has 0 fully saturated rings. The molecule has 2 rings (SSSR count). The number of benzene rings is 1. The fourth-order valence-electron chi connectivity index (χ4n) is 1.16. The molecule has 0 amide bonds. The lowest BCUT2D eigenvalue weighted by Crippen LogP contribution is -1.83. The molecule has 0 bridgehead atoms. The van der Waals surface area contributed by atoms with E-state index in [0.717, 1.165) is 10.0 Å². The summed E-state index contributed by atoms with van der Waals surface area (Å²) in [6.45, 7) is 0.0859. The molecule has 0 unspecified atom stereocenters. The highest BCUT2D eigenvalue weighted by Crippen LogP contribution is 2.36. The van der Waals surface area contributed by atoms with Crippen LogP contribution in [0.5, 0.6) is 0 Å². The van der Waals surface area contributed by atoms with Crippen LogP contribution < -0.4 is 0 Å². The van der Waals surface area contributed by atoms with Crippen LogP contribution in [-0.4, -0.2) is 5.11 Å². The van der Waals surface area contributed by atoms with Crippen LogP contribution in [0.15, 0.2) is 49.3 Å². The second-order valence-corrected chi connectivity index (χ2v) is 6.10. The first kappa shape index (κ1) is 11.2. The number of aliphatic hydroxyl groups excluding tert-OH is 1. The average Bonchev–Trinajstić information content (AvgIpc) is 2.74. The molecular formula is C11H9BrOS2. The predicted molar refractivity (Wildman–Crippen MR) is 68.5 cm³/mol. The van der Waals surface area contributed by atoms with E-state index in [9.17, 15) is 0 Å². The molecule has 1 nitrogen and oxygen atoms in total. The van der Waals surface area contributed by atoms with Gasteiger partial charge in [-0.05, 0) is 45.1 Å². The summed E-state index contributed by atoms with van der Waals surface area (Å²) in [6, 6.07) is 10.1. The average molecular weight is 301 g/mol. The summed E-state index contributed by atoms with van der Waals surface area (Å²) in [7, 11) is 0. The fraction of sp³-hybridized carbons (Fsp3) is 0.0909. The third-order valence-electron chi connectivity index (χ3n) is 1.88. The van der Waals surface area contributed by atoms with E-state index in [1.54, 1.807) is 23.1 Å². The quantitative estimate of drug-likeness (QED) is 0.919. The lowest BCUT2D eigenvalue weighted by Gasteiger charge is -2.04. The minimum Gasteiger partial charge on any atom is -0.392 e. The Morgan fingerprint density at radius 2 is 2.20 bits per heavy atom. The SMILES string of the molecule is OCc1ccc(Sc2cccs2)c(Br)c1. The Labute approximate surface area is 105 Å². The predicted octanol–water partition coefficient (Wildman–Crippen LogP) is 4.15. The molecule has 0 atom stereocenters. The van der Waals surface area contributed by atoms with Crippen molar-refractivity contribution in [2.24, 2.45) is 0 Å². The summed E-state index contributed by atoms with van der Waals surface area (Å²) in [4.78, 5) is 1.18. The van der Waals surface area contributed by atoms with Crippen molar-refractivity contribution in [2.75, 3.05) is 0 Å². The first-order valence-electron chi connectivity index (χ1n) is 4.40. The monoisotopic (exact) mass is 300 g/mol. The molecule has 2 aromatic rings. The number of thiophene rings is 1. The van der Waals surface area contributed by atoms with Crippen LogP contribution in [0.25, 0.3) is 0 Å². The van der Waals surface area contributed by atoms with Crippen LogP contribution in [0.1, 0.15) is 5.56 Å². The van der Waals surface area contributed by atoms with Gasteiger partial charge in [0, 0.05) is 9.37 Å². The minimum absolute atomic E-state index is 0.0859. The van der Waals surface area contributed by atoms with E-state index < -0.39 is 0 Å². The van der Waals surface area contributed by atoms with Crippen LogP contribution in [0.2, 0.25) is 0 Å². The Balaban J connectivity index is 2.22. The van der Waals surface area contributed by atoms with Gasteiger partial charge in [0.05, 0.1) is 10.8 Å². The van der Waals surface area contributed by atoms with Gasteiger partial charge in [0.15, 0.2) is 0 Å². The standard InChI is InChI=1S/C11H9BrOS2/c12-9-6-8(7-13)3-4-10(9)15-11-2-1-5-14-11/h1-6,13H,7H2. The van der Waals surface area contributed by atoms with E-state index in [4.69, 9.17) is 5.11 Å². The number of hydrogen-bond donors (Lipinski definition) is 1. The topological polar surface area (TPSA) is 20.2 Å². The third kappa shape index (κ3) is 2.84. The molecule has 1 aromatic heterocycles. The molecule has 15 heavy (non-hydrogen) atoms. The second kappa shape index (κ2) is 5.16. The Morgan fingerprint density at radius 3 is 2.80 bits per heavy atom. The first-order chi connectivity index (χ1) is 7.29. The van der Waals surface area contributed by atoms with Crippen molar-refractivity contribution in [1.82, 2.24) is 0 Å². The van der Waals surface area contributed by atoms with Crippen LogP contribution in [0.3, 0.4) is 0 Å². The van der Waals surface area contributed by atoms with Gasteiger partial charge in [-0.25, -0.2) is 0 Å². The summed E-state index contributed by atoms with van der Waals surface area (Å²) < 4.78 is 2.31.